The monoisotopic (exact) mass is 237 g/mol. The first kappa shape index (κ1) is 11.6. The summed E-state index contributed by atoms with van der Waals surface area (Å²) in [5, 5.41) is 0. The molecule has 0 amide bonds. The lowest BCUT2D eigenvalue weighted by molar-refractivity contribution is 0.0527. The predicted molar refractivity (Wildman–Crippen MR) is 62.4 cm³/mol. The fourth-order valence-electron chi connectivity index (χ4n) is 1.61. The lowest BCUT2D eigenvalue weighted by atomic mass is 10.1. The van der Waals surface area contributed by atoms with E-state index >= 15 is 0 Å². The molecular formula is C12H15NO4. The van der Waals surface area contributed by atoms with E-state index in [1.165, 1.54) is 0 Å². The molecular weight excluding hydrogens is 222 g/mol. The van der Waals surface area contributed by atoms with Crippen molar-refractivity contribution in [3.63, 3.8) is 0 Å². The van der Waals surface area contributed by atoms with Gasteiger partial charge in [0.2, 0.25) is 0 Å². The summed E-state index contributed by atoms with van der Waals surface area (Å²) >= 11 is 0. The summed E-state index contributed by atoms with van der Waals surface area (Å²) in [6.07, 6.45) is 0.809. The molecule has 1 aliphatic rings. The Bertz CT molecular complexity index is 431. The van der Waals surface area contributed by atoms with Crippen molar-refractivity contribution in [1.29, 1.82) is 0 Å². The van der Waals surface area contributed by atoms with Crippen molar-refractivity contribution in [2.75, 3.05) is 25.6 Å². The van der Waals surface area contributed by atoms with Crippen molar-refractivity contribution in [1.82, 2.24) is 0 Å². The molecule has 92 valence electrons. The van der Waals surface area contributed by atoms with Crippen molar-refractivity contribution in [3.8, 4) is 11.5 Å². The zero-order valence-electron chi connectivity index (χ0n) is 9.69. The maximum absolute atomic E-state index is 11.6. The number of nitrogens with two attached hydrogens (primary N) is 1. The van der Waals surface area contributed by atoms with Crippen LogP contribution in [-0.2, 0) is 4.74 Å². The first-order valence-electron chi connectivity index (χ1n) is 5.58. The third-order valence-electron chi connectivity index (χ3n) is 2.42. The molecule has 0 aromatic heterocycles. The van der Waals surface area contributed by atoms with Gasteiger partial charge in [-0.1, -0.05) is 0 Å². The van der Waals surface area contributed by atoms with Crippen molar-refractivity contribution in [3.05, 3.63) is 17.7 Å². The molecule has 0 radical (unpaired) electrons. The summed E-state index contributed by atoms with van der Waals surface area (Å²) in [5.41, 5.74) is 6.45. The first-order valence-corrected chi connectivity index (χ1v) is 5.58. The highest BCUT2D eigenvalue weighted by Gasteiger charge is 2.18. The third kappa shape index (κ3) is 2.43. The molecule has 0 bridgehead atoms. The Kier molecular flexibility index (Phi) is 3.37. The third-order valence-corrected chi connectivity index (χ3v) is 2.42. The SMILES string of the molecule is CCOC(=O)c1cc2c(cc1N)OCCCO2. The lowest BCUT2D eigenvalue weighted by Crippen LogP contribution is -2.08. The van der Waals surface area contributed by atoms with E-state index in [0.717, 1.165) is 6.42 Å². The average Bonchev–Trinajstić information content (AvgIpc) is 2.52. The molecule has 1 aromatic carbocycles. The van der Waals surface area contributed by atoms with Crippen LogP contribution >= 0.6 is 0 Å². The second-order valence-corrected chi connectivity index (χ2v) is 3.66. The molecule has 1 aliphatic heterocycles. The van der Waals surface area contributed by atoms with E-state index in [-0.39, 0.29) is 0 Å². The first-order chi connectivity index (χ1) is 8.22. The summed E-state index contributed by atoms with van der Waals surface area (Å²) < 4.78 is 15.9. The average molecular weight is 237 g/mol. The summed E-state index contributed by atoms with van der Waals surface area (Å²) in [6, 6.07) is 3.18. The standard InChI is InChI=1S/C12H15NO4/c1-2-15-12(14)8-6-10-11(7-9(8)13)17-5-3-4-16-10/h6-7H,2-5,13H2,1H3. The van der Waals surface area contributed by atoms with Gasteiger partial charge in [0.25, 0.3) is 0 Å². The number of carbonyl (C=O) groups excluding carboxylic acids is 1. The summed E-state index contributed by atoms with van der Waals surface area (Å²) in [7, 11) is 0. The highest BCUT2D eigenvalue weighted by atomic mass is 16.5. The molecule has 0 spiro atoms. The van der Waals surface area contributed by atoms with Crippen LogP contribution in [0.4, 0.5) is 5.69 Å². The second-order valence-electron chi connectivity index (χ2n) is 3.66. The molecule has 0 saturated heterocycles. The quantitative estimate of drug-likeness (QED) is 0.625. The van der Waals surface area contributed by atoms with Gasteiger partial charge >= 0.3 is 5.97 Å². The summed E-state index contributed by atoms with van der Waals surface area (Å²) in [6.45, 7) is 3.22. The Balaban J connectivity index is 2.35. The molecule has 0 aliphatic carbocycles. The van der Waals surface area contributed by atoms with Crippen LogP contribution in [-0.4, -0.2) is 25.8 Å². The van der Waals surface area contributed by atoms with Crippen molar-refractivity contribution < 1.29 is 19.0 Å². The normalized spacial score (nSPS) is 13.9. The maximum Gasteiger partial charge on any atom is 0.340 e. The van der Waals surface area contributed by atoms with Gasteiger partial charge in [0.05, 0.1) is 31.1 Å². The van der Waals surface area contributed by atoms with E-state index < -0.39 is 5.97 Å². The van der Waals surface area contributed by atoms with Gasteiger partial charge in [0, 0.05) is 18.6 Å². The van der Waals surface area contributed by atoms with Gasteiger partial charge in [0.15, 0.2) is 11.5 Å². The fraction of sp³-hybridized carbons (Fsp3) is 0.417. The maximum atomic E-state index is 11.6. The smallest absolute Gasteiger partial charge is 0.340 e. The number of rotatable bonds is 2. The number of ether oxygens (including phenoxy) is 3. The number of hydrogen-bond donors (Lipinski definition) is 1. The summed E-state index contributed by atoms with van der Waals surface area (Å²) in [4.78, 5) is 11.6. The number of carbonyl (C=O) groups is 1. The van der Waals surface area contributed by atoms with Crippen LogP contribution in [0.15, 0.2) is 12.1 Å². The number of anilines is 1. The van der Waals surface area contributed by atoms with Crippen LogP contribution in [0, 0.1) is 0 Å². The van der Waals surface area contributed by atoms with Crippen LogP contribution < -0.4 is 15.2 Å². The minimum absolute atomic E-state index is 0.312. The number of nitrogen functional groups attached to an aromatic ring is 1. The van der Waals surface area contributed by atoms with Gasteiger partial charge in [-0.15, -0.1) is 0 Å². The fourth-order valence-corrected chi connectivity index (χ4v) is 1.61. The van der Waals surface area contributed by atoms with Crippen molar-refractivity contribution in [2.24, 2.45) is 0 Å². The summed E-state index contributed by atoms with van der Waals surface area (Å²) in [5.74, 6) is 0.674. The second kappa shape index (κ2) is 4.95. The highest BCUT2D eigenvalue weighted by molar-refractivity contribution is 5.96. The van der Waals surface area contributed by atoms with E-state index in [0.29, 0.717) is 42.6 Å². The highest BCUT2D eigenvalue weighted by Crippen LogP contribution is 2.34. The minimum Gasteiger partial charge on any atom is -0.490 e. The zero-order valence-corrected chi connectivity index (χ0v) is 9.69. The molecule has 0 saturated carbocycles. The number of hydrogen-bond acceptors (Lipinski definition) is 5. The van der Waals surface area contributed by atoms with E-state index in [2.05, 4.69) is 0 Å². The van der Waals surface area contributed by atoms with Crippen molar-refractivity contribution >= 4 is 11.7 Å². The molecule has 1 aromatic rings. The van der Waals surface area contributed by atoms with E-state index in [1.54, 1.807) is 19.1 Å². The number of fused-ring (bicyclic) bond motifs is 1. The molecule has 0 fully saturated rings. The Morgan fingerprint density at radius 2 is 2.00 bits per heavy atom. The Hall–Kier alpha value is -1.91. The van der Waals surface area contributed by atoms with E-state index in [4.69, 9.17) is 19.9 Å². The van der Waals surface area contributed by atoms with Gasteiger partial charge in [-0.25, -0.2) is 4.79 Å². The van der Waals surface area contributed by atoms with E-state index in [1.807, 2.05) is 0 Å². The molecule has 2 rings (SSSR count). The molecule has 0 atom stereocenters. The molecule has 5 heteroatoms. The van der Waals surface area contributed by atoms with Gasteiger partial charge in [0.1, 0.15) is 0 Å². The molecule has 5 nitrogen and oxygen atoms in total. The minimum atomic E-state index is -0.444. The Morgan fingerprint density at radius 3 is 2.65 bits per heavy atom. The zero-order chi connectivity index (χ0) is 12.3. The Morgan fingerprint density at radius 1 is 1.35 bits per heavy atom. The molecule has 0 unspecified atom stereocenters. The predicted octanol–water partition coefficient (Wildman–Crippen LogP) is 1.61. The van der Waals surface area contributed by atoms with Crippen LogP contribution in [0.5, 0.6) is 11.5 Å². The van der Waals surface area contributed by atoms with Gasteiger partial charge in [-0.05, 0) is 6.92 Å². The molecule has 1 heterocycles. The molecule has 17 heavy (non-hydrogen) atoms. The lowest BCUT2D eigenvalue weighted by Gasteiger charge is -2.11. The number of esters is 1. The largest absolute Gasteiger partial charge is 0.490 e. The molecule has 2 N–H and O–H groups in total. The topological polar surface area (TPSA) is 70.8 Å². The van der Waals surface area contributed by atoms with Crippen LogP contribution in [0.25, 0.3) is 0 Å². The van der Waals surface area contributed by atoms with Crippen LogP contribution in [0.3, 0.4) is 0 Å². The van der Waals surface area contributed by atoms with Gasteiger partial charge < -0.3 is 19.9 Å². The van der Waals surface area contributed by atoms with Gasteiger partial charge in [-0.2, -0.15) is 0 Å². The van der Waals surface area contributed by atoms with E-state index in [9.17, 15) is 4.79 Å². The number of benzene rings is 1. The van der Waals surface area contributed by atoms with Crippen LogP contribution in [0.1, 0.15) is 23.7 Å². The van der Waals surface area contributed by atoms with Gasteiger partial charge in [-0.3, -0.25) is 0 Å². The Labute approximate surface area is 99.5 Å². The van der Waals surface area contributed by atoms with Crippen molar-refractivity contribution in [2.45, 2.75) is 13.3 Å². The van der Waals surface area contributed by atoms with Crippen LogP contribution in [0.2, 0.25) is 0 Å².